The number of nitrogens with zero attached hydrogens (tertiary/aromatic N) is 2. The third-order valence-corrected chi connectivity index (χ3v) is 7.73. The lowest BCUT2D eigenvalue weighted by Crippen LogP contribution is -2.37. The van der Waals surface area contributed by atoms with Crippen LogP contribution in [-0.2, 0) is 20.9 Å². The number of aromatic nitrogens is 1. The van der Waals surface area contributed by atoms with Gasteiger partial charge in [0.2, 0.25) is 11.8 Å². The molecular weight excluding hydrogens is 631 g/mol. The molecule has 3 amide bonds. The molecule has 0 saturated heterocycles. The van der Waals surface area contributed by atoms with Crippen LogP contribution < -0.4 is 25.0 Å². The fourth-order valence-electron chi connectivity index (χ4n) is 4.45. The summed E-state index contributed by atoms with van der Waals surface area (Å²) < 4.78 is 17.2. The monoisotopic (exact) mass is 664 g/mol. The Balaban J connectivity index is 1.42. The third kappa shape index (κ3) is 8.54. The Hall–Kier alpha value is -4.64. The molecule has 1 heterocycles. The minimum absolute atomic E-state index is 0.00770. The van der Waals surface area contributed by atoms with Gasteiger partial charge in [0.25, 0.3) is 5.91 Å². The van der Waals surface area contributed by atoms with E-state index >= 15 is 0 Å². The standard InChI is InChI=1S/C34H34Cl2N4O6/c1-21-18-29(45-17-16-44-4)24-6-5-7-28(33(24)39-21)46-20-25-26(35)13-14-27(32(25)36)40(3)31(42)19-38-30(41)15-10-22-8-11-23(12-9-22)34(43)37-2/h5-15,18H,16-17,19-20H2,1-4H3,(H,37,43)(H,38,41)/b15-10+. The summed E-state index contributed by atoms with van der Waals surface area (Å²) in [6.07, 6.45) is 2.90. The first-order valence-corrected chi connectivity index (χ1v) is 15.0. The van der Waals surface area contributed by atoms with E-state index in [1.54, 1.807) is 69.7 Å². The average molecular weight is 666 g/mol. The van der Waals surface area contributed by atoms with Crippen LogP contribution in [0, 0.1) is 6.92 Å². The van der Waals surface area contributed by atoms with Gasteiger partial charge in [-0.15, -0.1) is 0 Å². The van der Waals surface area contributed by atoms with E-state index in [0.717, 1.165) is 16.6 Å². The summed E-state index contributed by atoms with van der Waals surface area (Å²) in [4.78, 5) is 43.0. The Morgan fingerprint density at radius 2 is 1.74 bits per heavy atom. The maximum atomic E-state index is 13.0. The molecule has 0 aliphatic carbocycles. The molecule has 0 spiro atoms. The van der Waals surface area contributed by atoms with Crippen LogP contribution in [0.2, 0.25) is 10.0 Å². The van der Waals surface area contributed by atoms with E-state index in [1.165, 1.54) is 11.0 Å². The first-order chi connectivity index (χ1) is 22.1. The van der Waals surface area contributed by atoms with Gasteiger partial charge in [0, 0.05) is 60.6 Å². The molecule has 0 aliphatic rings. The van der Waals surface area contributed by atoms with Crippen molar-refractivity contribution in [1.29, 1.82) is 0 Å². The highest BCUT2D eigenvalue weighted by molar-refractivity contribution is 6.38. The van der Waals surface area contributed by atoms with Crippen molar-refractivity contribution >= 4 is 63.6 Å². The molecule has 0 bridgehead atoms. The highest BCUT2D eigenvalue weighted by Crippen LogP contribution is 2.36. The van der Waals surface area contributed by atoms with Gasteiger partial charge in [-0.25, -0.2) is 4.98 Å². The largest absolute Gasteiger partial charge is 0.490 e. The summed E-state index contributed by atoms with van der Waals surface area (Å²) in [6.45, 7) is 2.45. The van der Waals surface area contributed by atoms with Crippen molar-refractivity contribution in [2.45, 2.75) is 13.5 Å². The number of carbonyl (C=O) groups is 3. The number of pyridine rings is 1. The fourth-order valence-corrected chi connectivity index (χ4v) is 5.05. The zero-order chi connectivity index (χ0) is 33.2. The van der Waals surface area contributed by atoms with Gasteiger partial charge in [0.05, 0.1) is 23.9 Å². The van der Waals surface area contributed by atoms with Gasteiger partial charge < -0.3 is 29.7 Å². The number of benzene rings is 3. The summed E-state index contributed by atoms with van der Waals surface area (Å²) >= 11 is 13.3. The number of hydrogen-bond acceptors (Lipinski definition) is 7. The van der Waals surface area contributed by atoms with Crippen molar-refractivity contribution in [2.75, 3.05) is 45.9 Å². The summed E-state index contributed by atoms with van der Waals surface area (Å²) in [5.74, 6) is 0.120. The van der Waals surface area contributed by atoms with Crippen molar-refractivity contribution in [3.63, 3.8) is 0 Å². The van der Waals surface area contributed by atoms with Gasteiger partial charge in [-0.3, -0.25) is 14.4 Å². The van der Waals surface area contributed by atoms with Crippen LogP contribution in [0.3, 0.4) is 0 Å². The molecule has 46 heavy (non-hydrogen) atoms. The Morgan fingerprint density at radius 3 is 2.46 bits per heavy atom. The van der Waals surface area contributed by atoms with Gasteiger partial charge in [0.1, 0.15) is 30.2 Å². The molecule has 1 aromatic heterocycles. The van der Waals surface area contributed by atoms with Crippen molar-refractivity contribution in [3.05, 3.63) is 99.2 Å². The Labute approximate surface area is 277 Å². The minimum atomic E-state index is -0.459. The first kappa shape index (κ1) is 34.2. The summed E-state index contributed by atoms with van der Waals surface area (Å²) in [6, 6.07) is 17.4. The summed E-state index contributed by atoms with van der Waals surface area (Å²) in [5, 5.41) is 6.51. The number of halogens is 2. The molecule has 2 N–H and O–H groups in total. The van der Waals surface area contributed by atoms with Gasteiger partial charge in [0.15, 0.2) is 0 Å². The summed E-state index contributed by atoms with van der Waals surface area (Å²) in [7, 11) is 4.72. The van der Waals surface area contributed by atoms with Crippen LogP contribution in [0.25, 0.3) is 17.0 Å². The maximum Gasteiger partial charge on any atom is 0.251 e. The zero-order valence-electron chi connectivity index (χ0n) is 25.9. The van der Waals surface area contributed by atoms with E-state index in [2.05, 4.69) is 15.6 Å². The predicted molar refractivity (Wildman–Crippen MR) is 180 cm³/mol. The molecule has 10 nitrogen and oxygen atoms in total. The molecule has 240 valence electrons. The van der Waals surface area contributed by atoms with E-state index in [9.17, 15) is 14.4 Å². The van der Waals surface area contributed by atoms with Gasteiger partial charge in [-0.2, -0.15) is 0 Å². The zero-order valence-corrected chi connectivity index (χ0v) is 27.4. The highest BCUT2D eigenvalue weighted by atomic mass is 35.5. The maximum absolute atomic E-state index is 13.0. The molecule has 0 aliphatic heterocycles. The third-order valence-electron chi connectivity index (χ3n) is 6.95. The molecule has 3 aromatic carbocycles. The number of nitrogens with one attached hydrogen (secondary N) is 2. The summed E-state index contributed by atoms with van der Waals surface area (Å²) in [5.41, 5.74) is 3.49. The SMILES string of the molecule is CNC(=O)c1ccc(/C=C/C(=O)NCC(=O)N(C)c2ccc(Cl)c(COc3cccc4c(OCCOC)cc(C)nc34)c2Cl)cc1. The number of carbonyl (C=O) groups excluding carboxylic acids is 3. The van der Waals surface area contributed by atoms with E-state index < -0.39 is 11.8 Å². The second-order valence-electron chi connectivity index (χ2n) is 10.1. The fraction of sp³-hybridized carbons (Fsp3) is 0.235. The molecule has 12 heteroatoms. The van der Waals surface area contributed by atoms with Crippen LogP contribution in [0.1, 0.15) is 27.2 Å². The van der Waals surface area contributed by atoms with E-state index in [4.69, 9.17) is 37.4 Å². The van der Waals surface area contributed by atoms with Crippen molar-refractivity contribution < 1.29 is 28.6 Å². The number of methoxy groups -OCH3 is 1. The lowest BCUT2D eigenvalue weighted by atomic mass is 10.1. The Morgan fingerprint density at radius 1 is 0.978 bits per heavy atom. The van der Waals surface area contributed by atoms with Gasteiger partial charge >= 0.3 is 0 Å². The highest BCUT2D eigenvalue weighted by Gasteiger charge is 2.20. The number of anilines is 1. The van der Waals surface area contributed by atoms with Gasteiger partial charge in [-0.1, -0.05) is 41.4 Å². The number of para-hydroxylation sites is 1. The quantitative estimate of drug-likeness (QED) is 0.141. The Kier molecular flexibility index (Phi) is 12.0. The lowest BCUT2D eigenvalue weighted by molar-refractivity contribution is -0.122. The van der Waals surface area contributed by atoms with E-state index in [1.807, 2.05) is 25.1 Å². The molecule has 0 atom stereocenters. The molecule has 0 unspecified atom stereocenters. The molecule has 0 saturated carbocycles. The van der Waals surface area contributed by atoms with Crippen molar-refractivity contribution in [1.82, 2.24) is 15.6 Å². The normalized spacial score (nSPS) is 11.0. The number of amides is 3. The second-order valence-corrected chi connectivity index (χ2v) is 10.9. The van der Waals surface area contributed by atoms with E-state index in [0.29, 0.717) is 52.1 Å². The Bertz CT molecular complexity index is 1760. The molecule has 0 fully saturated rings. The molecule has 4 aromatic rings. The number of rotatable bonds is 13. The van der Waals surface area contributed by atoms with Crippen molar-refractivity contribution in [3.8, 4) is 11.5 Å². The predicted octanol–water partition coefficient (Wildman–Crippen LogP) is 5.61. The number of aryl methyl sites for hydroxylation is 1. The van der Waals surface area contributed by atoms with Crippen LogP contribution in [0.5, 0.6) is 11.5 Å². The van der Waals surface area contributed by atoms with Crippen molar-refractivity contribution in [2.24, 2.45) is 0 Å². The molecule has 4 rings (SSSR count). The average Bonchev–Trinajstić information content (AvgIpc) is 3.06. The number of ether oxygens (including phenoxy) is 3. The molecule has 0 radical (unpaired) electrons. The lowest BCUT2D eigenvalue weighted by Gasteiger charge is -2.21. The number of fused-ring (bicyclic) bond motifs is 1. The van der Waals surface area contributed by atoms with Gasteiger partial charge in [-0.05, 0) is 55.0 Å². The number of hydrogen-bond donors (Lipinski definition) is 2. The molecular formula is C34H34Cl2N4O6. The first-order valence-electron chi connectivity index (χ1n) is 14.3. The number of likely N-dealkylation sites (N-methyl/N-ethyl adjacent to an activating group) is 1. The van der Waals surface area contributed by atoms with E-state index in [-0.39, 0.29) is 24.1 Å². The second kappa shape index (κ2) is 16.1. The smallest absolute Gasteiger partial charge is 0.251 e. The minimum Gasteiger partial charge on any atom is -0.490 e. The van der Waals surface area contributed by atoms with Crippen LogP contribution >= 0.6 is 23.2 Å². The van der Waals surface area contributed by atoms with Crippen LogP contribution in [0.4, 0.5) is 5.69 Å². The topological polar surface area (TPSA) is 119 Å². The van der Waals surface area contributed by atoms with Crippen LogP contribution in [-0.4, -0.2) is 63.7 Å². The van der Waals surface area contributed by atoms with Crippen LogP contribution in [0.15, 0.2) is 66.7 Å².